The van der Waals surface area contributed by atoms with E-state index < -0.39 is 0 Å². The lowest BCUT2D eigenvalue weighted by Crippen LogP contribution is -1.86. The fourth-order valence-electron chi connectivity index (χ4n) is 0.332. The molecule has 0 radical (unpaired) electrons. The van der Waals surface area contributed by atoms with E-state index in [0.29, 0.717) is 0 Å². The molecule has 1 heterocycles. The van der Waals surface area contributed by atoms with Crippen molar-refractivity contribution < 1.29 is 9.63 Å². The molecule has 0 aromatic carbocycles. The van der Waals surface area contributed by atoms with Crippen molar-refractivity contribution in [1.29, 1.82) is 0 Å². The minimum absolute atomic E-state index is 0.0500. The predicted molar refractivity (Wildman–Crippen MR) is 24.6 cm³/mol. The Morgan fingerprint density at radius 3 is 2.75 bits per heavy atom. The Bertz CT molecular complexity index is 173. The van der Waals surface area contributed by atoms with Crippen molar-refractivity contribution in [2.24, 2.45) is 0 Å². The summed E-state index contributed by atoms with van der Waals surface area (Å²) in [5.74, 6) is 0.191. The first-order valence-electron chi connectivity index (χ1n) is 2.02. The van der Waals surface area contributed by atoms with Crippen molar-refractivity contribution >= 4 is 5.95 Å². The third-order valence-electron chi connectivity index (χ3n) is 0.619. The molecule has 5 nitrogen and oxygen atoms in total. The van der Waals surface area contributed by atoms with Gasteiger partial charge >= 0.3 is 0 Å². The van der Waals surface area contributed by atoms with Crippen LogP contribution in [0, 0.1) is 0 Å². The summed E-state index contributed by atoms with van der Waals surface area (Å²) < 4.78 is 4.38. The first kappa shape index (κ1) is 5.04. The molecule has 0 unspecified atom stereocenters. The molecule has 8 heavy (non-hydrogen) atoms. The summed E-state index contributed by atoms with van der Waals surface area (Å²) in [4.78, 5) is 3.48. The van der Waals surface area contributed by atoms with Gasteiger partial charge in [0.25, 0.3) is 11.8 Å². The van der Waals surface area contributed by atoms with Crippen LogP contribution in [0.5, 0.6) is 0 Å². The van der Waals surface area contributed by atoms with Crippen LogP contribution in [0.15, 0.2) is 4.52 Å². The fourth-order valence-corrected chi connectivity index (χ4v) is 0.332. The van der Waals surface area contributed by atoms with Gasteiger partial charge in [0.1, 0.15) is 6.61 Å². The monoisotopic (exact) mass is 115 g/mol. The topological polar surface area (TPSA) is 85.2 Å². The number of nitrogen functional groups attached to an aromatic ring is 1. The van der Waals surface area contributed by atoms with Crippen LogP contribution in [0.2, 0.25) is 0 Å². The molecule has 0 aliphatic heterocycles. The van der Waals surface area contributed by atoms with Crippen molar-refractivity contribution in [3.8, 4) is 0 Å². The number of aromatic nitrogens is 2. The maximum absolute atomic E-state index is 8.30. The van der Waals surface area contributed by atoms with E-state index in [-0.39, 0.29) is 18.4 Å². The van der Waals surface area contributed by atoms with E-state index in [9.17, 15) is 0 Å². The number of hydrogen-bond acceptors (Lipinski definition) is 5. The van der Waals surface area contributed by atoms with Crippen molar-refractivity contribution in [2.75, 3.05) is 5.73 Å². The lowest BCUT2D eigenvalue weighted by Gasteiger charge is -1.75. The zero-order valence-corrected chi connectivity index (χ0v) is 4.03. The van der Waals surface area contributed by atoms with Crippen molar-refractivity contribution in [2.45, 2.75) is 6.61 Å². The maximum atomic E-state index is 8.30. The molecule has 0 aliphatic carbocycles. The van der Waals surface area contributed by atoms with E-state index >= 15 is 0 Å². The number of hydrogen-bond donors (Lipinski definition) is 2. The molecule has 1 aromatic heterocycles. The number of nitrogens with two attached hydrogens (primary N) is 1. The molecule has 44 valence electrons. The van der Waals surface area contributed by atoms with Crippen LogP contribution >= 0.6 is 0 Å². The fraction of sp³-hybridized carbons (Fsp3) is 0.333. The maximum Gasteiger partial charge on any atom is 0.260 e. The summed E-state index contributed by atoms with van der Waals surface area (Å²) in [6, 6.07) is 0. The minimum atomic E-state index is -0.260. The molecule has 5 heteroatoms. The number of anilines is 1. The van der Waals surface area contributed by atoms with Gasteiger partial charge in [-0.25, -0.2) is 0 Å². The number of aliphatic hydroxyl groups is 1. The van der Waals surface area contributed by atoms with Gasteiger partial charge in [-0.05, 0) is 5.16 Å². The average molecular weight is 115 g/mol. The molecular weight excluding hydrogens is 110 g/mol. The first-order chi connectivity index (χ1) is 3.83. The summed E-state index contributed by atoms with van der Waals surface area (Å²) in [5, 5.41) is 11.5. The van der Waals surface area contributed by atoms with Gasteiger partial charge in [-0.15, -0.1) is 0 Å². The van der Waals surface area contributed by atoms with Gasteiger partial charge in [0.2, 0.25) is 0 Å². The molecular formula is C3H5N3O2. The average Bonchev–Trinajstić information content (AvgIpc) is 2.14. The zero-order valence-electron chi connectivity index (χ0n) is 4.03. The van der Waals surface area contributed by atoms with Crippen LogP contribution in [0.3, 0.4) is 0 Å². The van der Waals surface area contributed by atoms with E-state index in [1.165, 1.54) is 0 Å². The summed E-state index contributed by atoms with van der Waals surface area (Å²) in [7, 11) is 0. The smallest absolute Gasteiger partial charge is 0.260 e. The molecule has 1 rings (SSSR count). The van der Waals surface area contributed by atoms with Gasteiger partial charge in [0.15, 0.2) is 0 Å². The predicted octanol–water partition coefficient (Wildman–Crippen LogP) is -0.856. The Kier molecular flexibility index (Phi) is 1.13. The second kappa shape index (κ2) is 1.79. The van der Waals surface area contributed by atoms with Gasteiger partial charge < -0.3 is 15.4 Å². The van der Waals surface area contributed by atoms with Crippen LogP contribution in [-0.4, -0.2) is 15.2 Å². The summed E-state index contributed by atoms with van der Waals surface area (Å²) in [6.07, 6.45) is 0. The molecule has 0 bridgehead atoms. The van der Waals surface area contributed by atoms with Crippen LogP contribution < -0.4 is 5.73 Å². The standard InChI is InChI=1S/C3H5N3O2/c4-3-5-2(1-7)8-6-3/h7H,1H2,(H2,4,6). The lowest BCUT2D eigenvalue weighted by atomic mass is 10.7. The number of rotatable bonds is 1. The second-order valence-electron chi connectivity index (χ2n) is 1.20. The van der Waals surface area contributed by atoms with Crippen LogP contribution in [0.25, 0.3) is 0 Å². The Labute approximate surface area is 45.1 Å². The highest BCUT2D eigenvalue weighted by atomic mass is 16.5. The zero-order chi connectivity index (χ0) is 5.98. The lowest BCUT2D eigenvalue weighted by molar-refractivity contribution is 0.222. The Morgan fingerprint density at radius 1 is 1.75 bits per heavy atom. The van der Waals surface area contributed by atoms with E-state index in [1.807, 2.05) is 0 Å². The quantitative estimate of drug-likeness (QED) is 0.497. The Morgan fingerprint density at radius 2 is 2.50 bits per heavy atom. The van der Waals surface area contributed by atoms with Crippen LogP contribution in [-0.2, 0) is 6.61 Å². The van der Waals surface area contributed by atoms with Gasteiger partial charge in [0.05, 0.1) is 0 Å². The van der Waals surface area contributed by atoms with E-state index in [4.69, 9.17) is 10.8 Å². The molecule has 0 aliphatic rings. The highest BCUT2D eigenvalue weighted by Gasteiger charge is 1.97. The number of aliphatic hydroxyl groups excluding tert-OH is 1. The van der Waals surface area contributed by atoms with E-state index in [1.54, 1.807) is 0 Å². The number of nitrogens with zero attached hydrogens (tertiary/aromatic N) is 2. The third-order valence-corrected chi connectivity index (χ3v) is 0.619. The second-order valence-corrected chi connectivity index (χ2v) is 1.20. The minimum Gasteiger partial charge on any atom is -0.387 e. The van der Waals surface area contributed by atoms with E-state index in [2.05, 4.69) is 14.7 Å². The molecule has 0 amide bonds. The van der Waals surface area contributed by atoms with Crippen molar-refractivity contribution in [3.63, 3.8) is 0 Å². The molecule has 0 fully saturated rings. The summed E-state index contributed by atoms with van der Waals surface area (Å²) >= 11 is 0. The summed E-state index contributed by atoms with van der Waals surface area (Å²) in [5.41, 5.74) is 5.03. The molecule has 3 N–H and O–H groups in total. The molecule has 0 atom stereocenters. The molecule has 1 aromatic rings. The van der Waals surface area contributed by atoms with E-state index in [0.717, 1.165) is 0 Å². The van der Waals surface area contributed by atoms with Gasteiger partial charge in [-0.3, -0.25) is 0 Å². The van der Waals surface area contributed by atoms with Crippen LogP contribution in [0.4, 0.5) is 5.95 Å². The largest absolute Gasteiger partial charge is 0.387 e. The normalized spacial score (nSPS) is 9.62. The Balaban J connectivity index is 2.84. The van der Waals surface area contributed by atoms with Gasteiger partial charge in [0, 0.05) is 0 Å². The highest BCUT2D eigenvalue weighted by Crippen LogP contribution is 1.95. The SMILES string of the molecule is Nc1noc(CO)n1. The molecule has 0 saturated carbocycles. The third kappa shape index (κ3) is 0.760. The van der Waals surface area contributed by atoms with Crippen LogP contribution in [0.1, 0.15) is 5.89 Å². The van der Waals surface area contributed by atoms with Gasteiger partial charge in [-0.2, -0.15) is 4.98 Å². The highest BCUT2D eigenvalue weighted by molar-refractivity contribution is 5.09. The first-order valence-corrected chi connectivity index (χ1v) is 2.02. The molecule has 0 saturated heterocycles. The van der Waals surface area contributed by atoms with Crippen molar-refractivity contribution in [1.82, 2.24) is 10.1 Å². The summed E-state index contributed by atoms with van der Waals surface area (Å²) in [6.45, 7) is -0.260. The Hall–Kier alpha value is -1.10. The van der Waals surface area contributed by atoms with Crippen molar-refractivity contribution in [3.05, 3.63) is 5.89 Å². The molecule has 0 spiro atoms. The van der Waals surface area contributed by atoms with Gasteiger partial charge in [-0.1, -0.05) is 0 Å².